The zero-order valence-corrected chi connectivity index (χ0v) is 32.8. The molecule has 2 fully saturated rings. The molecule has 0 saturated carbocycles. The van der Waals surface area contributed by atoms with Crippen molar-refractivity contribution in [1.29, 1.82) is 0 Å². The molecular weight excluding hydrogens is 758 g/mol. The Morgan fingerprint density at radius 1 is 1.05 bits per heavy atom. The summed E-state index contributed by atoms with van der Waals surface area (Å²) in [6.07, 6.45) is 6.20. The van der Waals surface area contributed by atoms with Crippen molar-refractivity contribution in [1.82, 2.24) is 19.4 Å². The molecule has 2 saturated heterocycles. The van der Waals surface area contributed by atoms with E-state index in [-0.39, 0.29) is 42.2 Å². The van der Waals surface area contributed by atoms with Crippen molar-refractivity contribution in [3.05, 3.63) is 86.1 Å². The van der Waals surface area contributed by atoms with Gasteiger partial charge in [-0.3, -0.25) is 24.2 Å². The highest BCUT2D eigenvalue weighted by Gasteiger charge is 2.48. The topological polar surface area (TPSA) is 125 Å². The van der Waals surface area contributed by atoms with Gasteiger partial charge in [0.2, 0.25) is 5.91 Å². The molecule has 1 aliphatic carbocycles. The van der Waals surface area contributed by atoms with E-state index < -0.39 is 23.7 Å². The standard InChI is InChI=1S/C41H45F3N8O4S/c1-4-35(53)47-30-21-25(9-10-32(30)51-18-17-50(23-34(51)41(42,43)44)26-13-19-56-20-14-26)46-37-40(55)49(3)22-31(48-37)27-11-15-45-38(24(27)2)52-16-12-29-28-7-5-6-8-33(28)57-36(29)39(52)54/h4,9-11,15,21-22,26,34H,1,5-8,12-14,16-20,23H2,2-3H3,(H,46,48)(H,47,53)/t34-/m1/s1. The average Bonchev–Trinajstić information content (AvgIpc) is 3.59. The maximum Gasteiger partial charge on any atom is 0.409 e. The second-order valence-electron chi connectivity index (χ2n) is 15.1. The Morgan fingerprint density at radius 2 is 1.84 bits per heavy atom. The third-order valence-electron chi connectivity index (χ3n) is 11.6. The predicted octanol–water partition coefficient (Wildman–Crippen LogP) is 6.39. The van der Waals surface area contributed by atoms with E-state index in [2.05, 4.69) is 22.2 Å². The number of hydrogen-bond acceptors (Lipinski definition) is 10. The summed E-state index contributed by atoms with van der Waals surface area (Å²) in [5, 5.41) is 5.74. The second kappa shape index (κ2) is 15.7. The SMILES string of the molecule is C=CC(=O)Nc1cc(Nc2nc(-c3ccnc(N4CCc5c(sc6c5CCCC6)C4=O)c3C)cn(C)c2=O)ccc1N1CCN(C2CCOCC2)C[C@@H]1C(F)(F)F. The number of thiophene rings is 1. The van der Waals surface area contributed by atoms with Gasteiger partial charge in [-0.05, 0) is 93.3 Å². The lowest BCUT2D eigenvalue weighted by Crippen LogP contribution is -2.61. The number of benzene rings is 1. The Labute approximate surface area is 332 Å². The van der Waals surface area contributed by atoms with E-state index in [1.165, 1.54) is 37.6 Å². The molecule has 3 aromatic heterocycles. The van der Waals surface area contributed by atoms with Crippen LogP contribution in [-0.4, -0.2) is 88.9 Å². The highest BCUT2D eigenvalue weighted by atomic mass is 32.1. The molecule has 8 rings (SSSR count). The number of hydrogen-bond donors (Lipinski definition) is 2. The van der Waals surface area contributed by atoms with Crippen molar-refractivity contribution in [2.24, 2.45) is 7.05 Å². The summed E-state index contributed by atoms with van der Waals surface area (Å²) in [5.74, 6) is -0.157. The first-order chi connectivity index (χ1) is 27.4. The number of nitrogens with one attached hydrogen (secondary N) is 2. The predicted molar refractivity (Wildman–Crippen MR) is 215 cm³/mol. The Hall–Kier alpha value is -5.06. The van der Waals surface area contributed by atoms with Crippen molar-refractivity contribution < 1.29 is 27.5 Å². The van der Waals surface area contributed by atoms with E-state index in [4.69, 9.17) is 9.72 Å². The van der Waals surface area contributed by atoms with Crippen LogP contribution < -0.4 is 26.0 Å². The van der Waals surface area contributed by atoms with Gasteiger partial charge in [0.1, 0.15) is 11.9 Å². The van der Waals surface area contributed by atoms with Crippen LogP contribution >= 0.6 is 11.3 Å². The zero-order valence-electron chi connectivity index (χ0n) is 32.0. The molecule has 12 nitrogen and oxygen atoms in total. The molecule has 6 heterocycles. The molecule has 3 aliphatic heterocycles. The quantitative estimate of drug-likeness (QED) is 0.195. The van der Waals surface area contributed by atoms with Crippen molar-refractivity contribution >= 4 is 51.8 Å². The van der Waals surface area contributed by atoms with Crippen LogP contribution in [0.1, 0.15) is 56.9 Å². The fourth-order valence-corrected chi connectivity index (χ4v) is 10.0. The lowest BCUT2D eigenvalue weighted by atomic mass is 9.92. The molecule has 0 unspecified atom stereocenters. The minimum absolute atomic E-state index is 0.0116. The lowest BCUT2D eigenvalue weighted by Gasteiger charge is -2.47. The van der Waals surface area contributed by atoms with Crippen molar-refractivity contribution in [2.45, 2.75) is 70.1 Å². The number of ether oxygens (including phenoxy) is 1. The summed E-state index contributed by atoms with van der Waals surface area (Å²) in [6.45, 7) is 7.24. The molecule has 4 aliphatic rings. The molecule has 0 bridgehead atoms. The molecule has 4 aromatic rings. The van der Waals surface area contributed by atoms with Gasteiger partial charge in [0, 0.05) is 86.6 Å². The van der Waals surface area contributed by atoms with Gasteiger partial charge in [-0.2, -0.15) is 13.2 Å². The van der Waals surface area contributed by atoms with Crippen LogP contribution in [0, 0.1) is 6.92 Å². The summed E-state index contributed by atoms with van der Waals surface area (Å²) in [6, 6.07) is 4.57. The monoisotopic (exact) mass is 802 g/mol. The number of amides is 2. The van der Waals surface area contributed by atoms with Crippen LogP contribution in [0.25, 0.3) is 11.3 Å². The van der Waals surface area contributed by atoms with E-state index >= 15 is 0 Å². The summed E-state index contributed by atoms with van der Waals surface area (Å²) < 4.78 is 51.0. The lowest BCUT2D eigenvalue weighted by molar-refractivity contribution is -0.159. The number of rotatable bonds is 8. The highest BCUT2D eigenvalue weighted by Crippen LogP contribution is 2.41. The number of anilines is 5. The van der Waals surface area contributed by atoms with Crippen molar-refractivity contribution in [2.75, 3.05) is 59.8 Å². The smallest absolute Gasteiger partial charge is 0.381 e. The van der Waals surface area contributed by atoms with Crippen LogP contribution in [0.3, 0.4) is 0 Å². The van der Waals surface area contributed by atoms with E-state index in [1.807, 2.05) is 11.8 Å². The van der Waals surface area contributed by atoms with Crippen LogP contribution in [0.5, 0.6) is 0 Å². The largest absolute Gasteiger partial charge is 0.409 e. The number of aryl methyl sites for hydroxylation is 2. The minimum atomic E-state index is -4.55. The second-order valence-corrected chi connectivity index (χ2v) is 16.2. The van der Waals surface area contributed by atoms with Crippen molar-refractivity contribution in [3.8, 4) is 11.3 Å². The van der Waals surface area contributed by atoms with Gasteiger partial charge >= 0.3 is 6.18 Å². The van der Waals surface area contributed by atoms with Gasteiger partial charge < -0.3 is 24.8 Å². The van der Waals surface area contributed by atoms with Crippen molar-refractivity contribution in [3.63, 3.8) is 0 Å². The molecule has 1 aromatic carbocycles. The van der Waals surface area contributed by atoms with E-state index in [1.54, 1.807) is 47.8 Å². The van der Waals surface area contributed by atoms with E-state index in [0.29, 0.717) is 61.9 Å². The summed E-state index contributed by atoms with van der Waals surface area (Å²) in [4.78, 5) is 56.4. The normalized spacial score (nSPS) is 19.2. The summed E-state index contributed by atoms with van der Waals surface area (Å²) in [5.41, 5.74) is 4.60. The Bertz CT molecular complexity index is 2280. The average molecular weight is 803 g/mol. The summed E-state index contributed by atoms with van der Waals surface area (Å²) >= 11 is 1.61. The number of carbonyl (C=O) groups is 2. The molecule has 2 amide bonds. The highest BCUT2D eigenvalue weighted by molar-refractivity contribution is 7.14. The van der Waals surface area contributed by atoms with Crippen LogP contribution in [0.15, 0.2) is 54.1 Å². The number of alkyl halides is 3. The van der Waals surface area contributed by atoms with Gasteiger partial charge in [0.15, 0.2) is 5.82 Å². The fraction of sp³-hybridized carbons (Fsp3) is 0.439. The Balaban J connectivity index is 1.08. The first-order valence-corrected chi connectivity index (χ1v) is 20.2. The number of carbonyl (C=O) groups excluding carboxylic acids is 2. The van der Waals surface area contributed by atoms with Crippen LogP contribution in [0.2, 0.25) is 0 Å². The van der Waals surface area contributed by atoms with E-state index in [9.17, 15) is 27.6 Å². The number of aromatic nitrogens is 3. The number of halogens is 3. The number of nitrogens with zero attached hydrogens (tertiary/aromatic N) is 6. The molecule has 0 spiro atoms. The molecule has 300 valence electrons. The molecule has 1 atom stereocenters. The van der Waals surface area contributed by atoms with Gasteiger partial charge in [-0.25, -0.2) is 9.97 Å². The Morgan fingerprint density at radius 3 is 2.61 bits per heavy atom. The first-order valence-electron chi connectivity index (χ1n) is 19.4. The number of fused-ring (bicyclic) bond motifs is 3. The van der Waals surface area contributed by atoms with Crippen LogP contribution in [0.4, 0.5) is 41.9 Å². The Kier molecular flexibility index (Phi) is 10.7. The van der Waals surface area contributed by atoms with Crippen LogP contribution in [-0.2, 0) is 35.8 Å². The fourth-order valence-electron chi connectivity index (χ4n) is 8.65. The van der Waals surface area contributed by atoms with Gasteiger partial charge in [0.25, 0.3) is 11.5 Å². The first kappa shape index (κ1) is 38.8. The molecule has 57 heavy (non-hydrogen) atoms. The molecule has 0 radical (unpaired) electrons. The minimum Gasteiger partial charge on any atom is -0.381 e. The third kappa shape index (κ3) is 7.57. The molecule has 16 heteroatoms. The number of pyridine rings is 1. The van der Waals surface area contributed by atoms with Gasteiger partial charge in [0.05, 0.1) is 21.9 Å². The molecular formula is C41H45F3N8O4S. The number of piperazine rings is 1. The van der Waals surface area contributed by atoms with Gasteiger partial charge in [-0.15, -0.1) is 11.3 Å². The molecule has 2 N–H and O–H groups in total. The summed E-state index contributed by atoms with van der Waals surface area (Å²) in [7, 11) is 1.60. The maximum absolute atomic E-state index is 14.7. The maximum atomic E-state index is 14.7. The van der Waals surface area contributed by atoms with Gasteiger partial charge in [-0.1, -0.05) is 6.58 Å². The zero-order chi connectivity index (χ0) is 40.0. The third-order valence-corrected chi connectivity index (χ3v) is 12.9. The van der Waals surface area contributed by atoms with E-state index in [0.717, 1.165) is 48.6 Å².